The second-order valence-electron chi connectivity index (χ2n) is 2.34. The van der Waals surface area contributed by atoms with Crippen LogP contribution in [0.25, 0.3) is 0 Å². The third kappa shape index (κ3) is 4.50. The number of nitrogens with zero attached hydrogens (tertiary/aromatic N) is 2. The van der Waals surface area contributed by atoms with Crippen LogP contribution in [0.1, 0.15) is 13.3 Å². The van der Waals surface area contributed by atoms with E-state index in [0.29, 0.717) is 0 Å². The Morgan fingerprint density at radius 2 is 2.25 bits per heavy atom. The van der Waals surface area contributed by atoms with Gasteiger partial charge < -0.3 is 0 Å². The van der Waals surface area contributed by atoms with Gasteiger partial charge >= 0.3 is 0 Å². The Labute approximate surface area is 74.6 Å². The predicted octanol–water partition coefficient (Wildman–Crippen LogP) is 2.57. The molecule has 0 spiro atoms. The third-order valence-electron chi connectivity index (χ3n) is 1.30. The Morgan fingerprint density at radius 3 is 2.75 bits per heavy atom. The van der Waals surface area contributed by atoms with Crippen LogP contribution < -0.4 is 0 Å². The molecule has 2 heteroatoms. The summed E-state index contributed by atoms with van der Waals surface area (Å²) in [4.78, 5) is 0. The highest BCUT2D eigenvalue weighted by atomic mass is 15.4. The molecular weight excluding hydrogens is 148 g/mol. The summed E-state index contributed by atoms with van der Waals surface area (Å²) in [5, 5.41) is 5.84. The lowest BCUT2D eigenvalue weighted by molar-refractivity contribution is 0.464. The average molecular weight is 164 g/mol. The number of rotatable bonds is 5. The van der Waals surface area contributed by atoms with E-state index in [9.17, 15) is 0 Å². The van der Waals surface area contributed by atoms with E-state index in [1.807, 2.05) is 26.1 Å². The van der Waals surface area contributed by atoms with Crippen LogP contribution >= 0.6 is 0 Å². The van der Waals surface area contributed by atoms with Gasteiger partial charge in [0, 0.05) is 19.7 Å². The van der Waals surface area contributed by atoms with Crippen LogP contribution in [0.2, 0.25) is 0 Å². The van der Waals surface area contributed by atoms with Crippen LogP contribution in [-0.2, 0) is 0 Å². The Kier molecular flexibility index (Phi) is 5.70. The van der Waals surface area contributed by atoms with Gasteiger partial charge in [-0.15, -0.1) is 6.58 Å². The van der Waals surface area contributed by atoms with Crippen molar-refractivity contribution in [3.63, 3.8) is 0 Å². The van der Waals surface area contributed by atoms with Gasteiger partial charge in [-0.2, -0.15) is 5.10 Å². The molecule has 0 aliphatic heterocycles. The lowest BCUT2D eigenvalue weighted by atomic mass is 10.4. The highest BCUT2D eigenvalue weighted by Crippen LogP contribution is 1.99. The Hall–Kier alpha value is -1.31. The first-order chi connectivity index (χ1) is 5.72. The first-order valence-corrected chi connectivity index (χ1v) is 3.91. The van der Waals surface area contributed by atoms with Crippen LogP contribution in [-0.4, -0.2) is 18.3 Å². The zero-order valence-electron chi connectivity index (χ0n) is 7.83. The molecule has 0 aromatic heterocycles. The van der Waals surface area contributed by atoms with Crippen molar-refractivity contribution in [2.45, 2.75) is 13.3 Å². The highest BCUT2D eigenvalue weighted by molar-refractivity contribution is 5.58. The maximum absolute atomic E-state index is 4.12. The molecular formula is C10H16N2. The van der Waals surface area contributed by atoms with Gasteiger partial charge in [-0.3, -0.25) is 5.01 Å². The second-order valence-corrected chi connectivity index (χ2v) is 2.34. The highest BCUT2D eigenvalue weighted by Gasteiger charge is 1.91. The smallest absolute Gasteiger partial charge is 0.0515 e. The van der Waals surface area contributed by atoms with Crippen molar-refractivity contribution in [2.24, 2.45) is 5.10 Å². The largest absolute Gasteiger partial charge is 0.270 e. The molecule has 0 aliphatic carbocycles. The lowest BCUT2D eigenvalue weighted by Gasteiger charge is -2.11. The van der Waals surface area contributed by atoms with Gasteiger partial charge in [0.15, 0.2) is 0 Å². The quantitative estimate of drug-likeness (QED) is 0.264. The molecule has 0 amide bonds. The van der Waals surface area contributed by atoms with Crippen molar-refractivity contribution >= 4 is 6.21 Å². The fourth-order valence-corrected chi connectivity index (χ4v) is 0.619. The van der Waals surface area contributed by atoms with Gasteiger partial charge in [-0.25, -0.2) is 0 Å². The molecule has 12 heavy (non-hydrogen) atoms. The summed E-state index contributed by atoms with van der Waals surface area (Å²) in [6, 6.07) is 0. The zero-order valence-corrected chi connectivity index (χ0v) is 7.83. The maximum Gasteiger partial charge on any atom is 0.0515 e. The molecule has 0 saturated heterocycles. The van der Waals surface area contributed by atoms with Gasteiger partial charge in [0.25, 0.3) is 0 Å². The summed E-state index contributed by atoms with van der Waals surface area (Å²) in [7, 11) is 1.86. The van der Waals surface area contributed by atoms with Crippen LogP contribution in [0.3, 0.4) is 0 Å². The molecule has 0 atom stereocenters. The molecule has 0 fully saturated rings. The maximum atomic E-state index is 4.12. The van der Waals surface area contributed by atoms with Gasteiger partial charge in [-0.05, 0) is 13.0 Å². The van der Waals surface area contributed by atoms with Crippen molar-refractivity contribution in [2.75, 3.05) is 7.05 Å². The van der Waals surface area contributed by atoms with Crippen LogP contribution in [0.4, 0.5) is 0 Å². The molecule has 0 aromatic rings. The normalized spacial score (nSPS) is 10.8. The monoisotopic (exact) mass is 164 g/mol. The topological polar surface area (TPSA) is 15.6 Å². The van der Waals surface area contributed by atoms with E-state index < -0.39 is 0 Å². The SMILES string of the molecule is C=CC/C=N\N(C)C(=C)/C=C\C. The zero-order chi connectivity index (χ0) is 9.40. The predicted molar refractivity (Wildman–Crippen MR) is 55.0 cm³/mol. The number of hydrazone groups is 1. The van der Waals surface area contributed by atoms with Gasteiger partial charge in [-0.1, -0.05) is 18.7 Å². The summed E-state index contributed by atoms with van der Waals surface area (Å²) < 4.78 is 0. The van der Waals surface area contributed by atoms with Crippen LogP contribution in [0, 0.1) is 0 Å². The fraction of sp³-hybridized carbons (Fsp3) is 0.300. The van der Waals surface area contributed by atoms with Gasteiger partial charge in [0.1, 0.15) is 0 Å². The van der Waals surface area contributed by atoms with Gasteiger partial charge in [0.2, 0.25) is 0 Å². The minimum atomic E-state index is 0.785. The van der Waals surface area contributed by atoms with Gasteiger partial charge in [0.05, 0.1) is 5.70 Å². The first kappa shape index (κ1) is 10.7. The second kappa shape index (κ2) is 6.40. The van der Waals surface area contributed by atoms with E-state index >= 15 is 0 Å². The van der Waals surface area contributed by atoms with E-state index in [2.05, 4.69) is 18.3 Å². The van der Waals surface area contributed by atoms with Crippen LogP contribution in [0.5, 0.6) is 0 Å². The first-order valence-electron chi connectivity index (χ1n) is 3.91. The molecule has 0 bridgehead atoms. The summed E-state index contributed by atoms with van der Waals surface area (Å²) in [6.45, 7) is 9.37. The Bertz CT molecular complexity index is 202. The Balaban J connectivity index is 3.93. The summed E-state index contributed by atoms with van der Waals surface area (Å²) >= 11 is 0. The van der Waals surface area contributed by atoms with Crippen molar-refractivity contribution in [3.8, 4) is 0 Å². The number of likely N-dealkylation sites (N-methyl/N-ethyl adjacent to an activating group) is 1. The molecule has 66 valence electrons. The average Bonchev–Trinajstić information content (AvgIpc) is 2.05. The minimum absolute atomic E-state index is 0.785. The van der Waals surface area contributed by atoms with Crippen LogP contribution in [0.15, 0.2) is 42.2 Å². The molecule has 2 nitrogen and oxygen atoms in total. The minimum Gasteiger partial charge on any atom is -0.270 e. The molecule has 0 heterocycles. The molecule has 0 unspecified atom stereocenters. The molecule has 0 saturated carbocycles. The molecule has 0 N–H and O–H groups in total. The molecule has 0 aromatic carbocycles. The van der Waals surface area contributed by atoms with Crippen molar-refractivity contribution in [3.05, 3.63) is 37.1 Å². The number of hydrogen-bond acceptors (Lipinski definition) is 2. The summed E-state index contributed by atoms with van der Waals surface area (Å²) in [6.07, 6.45) is 8.22. The third-order valence-corrected chi connectivity index (χ3v) is 1.30. The van der Waals surface area contributed by atoms with Crippen molar-refractivity contribution in [1.82, 2.24) is 5.01 Å². The number of allylic oxidation sites excluding steroid dienone is 3. The molecule has 0 rings (SSSR count). The van der Waals surface area contributed by atoms with Crippen molar-refractivity contribution < 1.29 is 0 Å². The number of hydrogen-bond donors (Lipinski definition) is 0. The van der Waals surface area contributed by atoms with E-state index in [-0.39, 0.29) is 0 Å². The Morgan fingerprint density at radius 1 is 1.58 bits per heavy atom. The lowest BCUT2D eigenvalue weighted by Crippen LogP contribution is -2.07. The van der Waals surface area contributed by atoms with E-state index in [1.165, 1.54) is 0 Å². The summed E-state index contributed by atoms with van der Waals surface area (Å²) in [5.74, 6) is 0. The standard InChI is InChI=1S/C10H16N2/c1-5-7-9-11-12(4)10(3)8-6-2/h5-6,8-9H,1,3,7H2,2,4H3/b8-6-,11-9-. The van der Waals surface area contributed by atoms with E-state index in [4.69, 9.17) is 0 Å². The fourth-order valence-electron chi connectivity index (χ4n) is 0.619. The van der Waals surface area contributed by atoms with E-state index in [0.717, 1.165) is 12.1 Å². The molecule has 0 radical (unpaired) electrons. The van der Waals surface area contributed by atoms with E-state index in [1.54, 1.807) is 17.3 Å². The van der Waals surface area contributed by atoms with Crippen molar-refractivity contribution in [1.29, 1.82) is 0 Å². The molecule has 0 aliphatic rings. The summed E-state index contributed by atoms with van der Waals surface area (Å²) in [5.41, 5.74) is 0.873.